The molecule has 0 spiro atoms. The van der Waals surface area contributed by atoms with E-state index in [-0.39, 0.29) is 12.4 Å². The van der Waals surface area contributed by atoms with E-state index < -0.39 is 5.97 Å². The minimum atomic E-state index is -0.413. The number of ether oxygens (including phenoxy) is 1. The molecule has 5 nitrogen and oxygen atoms in total. The van der Waals surface area contributed by atoms with Crippen LogP contribution in [0, 0.1) is 11.3 Å². The first-order valence-electron chi connectivity index (χ1n) is 10.7. The maximum Gasteiger partial charge on any atom is 0.339 e. The normalized spacial score (nSPS) is 13.6. The predicted molar refractivity (Wildman–Crippen MR) is 126 cm³/mol. The van der Waals surface area contributed by atoms with Crippen molar-refractivity contribution in [3.8, 4) is 11.8 Å². The maximum absolute atomic E-state index is 13.3. The summed E-state index contributed by atoms with van der Waals surface area (Å²) < 4.78 is 5.69. The molecule has 4 aromatic rings. The lowest BCUT2D eigenvalue weighted by atomic mass is 10.0. The zero-order chi connectivity index (χ0) is 22.8. The average molecular weight is 432 g/mol. The number of esters is 1. The molecular formula is C28H20N2O3. The number of aromatic nitrogens is 1. The topological polar surface area (TPSA) is 83.2 Å². The highest BCUT2D eigenvalue weighted by molar-refractivity contribution is 6.07. The van der Waals surface area contributed by atoms with Crippen molar-refractivity contribution in [2.45, 2.75) is 19.4 Å². The second-order valence-corrected chi connectivity index (χ2v) is 7.94. The quantitative estimate of drug-likeness (QED) is 0.421. The fraction of sp³-hybridized carbons (Fsp3) is 0.107. The molecule has 0 atom stereocenters. The first-order chi connectivity index (χ1) is 16.1. The molecule has 0 radical (unpaired) electrons. The Bertz CT molecular complexity index is 1450. The summed E-state index contributed by atoms with van der Waals surface area (Å²) in [7, 11) is 0. The van der Waals surface area contributed by atoms with Gasteiger partial charge in [-0.1, -0.05) is 48.5 Å². The third-order valence-corrected chi connectivity index (χ3v) is 5.88. The van der Waals surface area contributed by atoms with Gasteiger partial charge >= 0.3 is 5.97 Å². The Labute approximate surface area is 191 Å². The Hall–Kier alpha value is -4.43. The van der Waals surface area contributed by atoms with Gasteiger partial charge in [0.05, 0.1) is 28.4 Å². The van der Waals surface area contributed by atoms with Crippen molar-refractivity contribution in [2.75, 3.05) is 0 Å². The number of nitrogens with zero attached hydrogens (tertiary/aromatic N) is 2. The Morgan fingerprint density at radius 3 is 2.61 bits per heavy atom. The highest BCUT2D eigenvalue weighted by Crippen LogP contribution is 2.38. The van der Waals surface area contributed by atoms with E-state index in [1.54, 1.807) is 30.3 Å². The summed E-state index contributed by atoms with van der Waals surface area (Å²) in [6.45, 7) is 0.0319. The molecule has 1 heterocycles. The summed E-state index contributed by atoms with van der Waals surface area (Å²) in [5.41, 5.74) is 6.15. The number of aromatic hydroxyl groups is 1. The van der Waals surface area contributed by atoms with E-state index in [2.05, 4.69) is 6.07 Å². The monoisotopic (exact) mass is 432 g/mol. The molecule has 1 N–H and O–H groups in total. The molecule has 1 aliphatic carbocycles. The van der Waals surface area contributed by atoms with Crippen LogP contribution in [0.25, 0.3) is 22.6 Å². The molecule has 3 aromatic carbocycles. The van der Waals surface area contributed by atoms with Gasteiger partial charge in [0.15, 0.2) is 0 Å². The van der Waals surface area contributed by atoms with Crippen LogP contribution in [0.4, 0.5) is 0 Å². The van der Waals surface area contributed by atoms with E-state index in [0.717, 1.165) is 39.7 Å². The van der Waals surface area contributed by atoms with Gasteiger partial charge in [0.25, 0.3) is 0 Å². The maximum atomic E-state index is 13.3. The van der Waals surface area contributed by atoms with Gasteiger partial charge in [-0.05, 0) is 59.9 Å². The van der Waals surface area contributed by atoms with E-state index in [1.165, 1.54) is 0 Å². The molecule has 0 amide bonds. The zero-order valence-corrected chi connectivity index (χ0v) is 17.8. The summed E-state index contributed by atoms with van der Waals surface area (Å²) in [4.78, 5) is 18.2. The number of phenolic OH excluding ortho intramolecular Hbond substituents is 1. The largest absolute Gasteiger partial charge is 0.508 e. The number of benzene rings is 3. The molecule has 5 rings (SSSR count). The summed E-state index contributed by atoms with van der Waals surface area (Å²) in [5.74, 6) is -0.195. The van der Waals surface area contributed by atoms with Crippen molar-refractivity contribution >= 4 is 28.5 Å². The molecule has 0 bridgehead atoms. The van der Waals surface area contributed by atoms with Crippen LogP contribution in [-0.2, 0) is 17.8 Å². The lowest BCUT2D eigenvalue weighted by Crippen LogP contribution is -2.11. The summed E-state index contributed by atoms with van der Waals surface area (Å²) in [5, 5.41) is 19.6. The third-order valence-electron chi connectivity index (χ3n) is 5.88. The number of rotatable bonds is 4. The Balaban J connectivity index is 1.54. The number of pyridine rings is 1. The standard InChI is InChI=1S/C28H20N2O3/c29-16-20-5-1-2-6-21(20)17-33-28(32)26-23-7-3-4-8-25(23)30-27-19(11-14-24(26)27)15-18-9-12-22(31)13-10-18/h1-10,12-13,15,31H,11,14,17H2/b19-15+. The lowest BCUT2D eigenvalue weighted by molar-refractivity contribution is 0.0473. The Morgan fingerprint density at radius 2 is 1.79 bits per heavy atom. The van der Waals surface area contributed by atoms with Crippen molar-refractivity contribution in [1.82, 2.24) is 4.98 Å². The number of fused-ring (bicyclic) bond motifs is 2. The average Bonchev–Trinajstić information content (AvgIpc) is 3.24. The third kappa shape index (κ3) is 3.95. The number of hydrogen-bond acceptors (Lipinski definition) is 5. The van der Waals surface area contributed by atoms with Crippen LogP contribution in [0.15, 0.2) is 72.8 Å². The molecule has 33 heavy (non-hydrogen) atoms. The number of carbonyl (C=O) groups excluding carboxylic acids is 1. The van der Waals surface area contributed by atoms with Gasteiger partial charge in [-0.3, -0.25) is 0 Å². The molecule has 0 aliphatic heterocycles. The predicted octanol–water partition coefficient (Wildman–Crippen LogP) is 5.66. The first kappa shape index (κ1) is 20.5. The van der Waals surface area contributed by atoms with Crippen LogP contribution in [0.2, 0.25) is 0 Å². The highest BCUT2D eigenvalue weighted by Gasteiger charge is 2.27. The molecule has 5 heteroatoms. The van der Waals surface area contributed by atoms with Crippen molar-refractivity contribution in [1.29, 1.82) is 5.26 Å². The number of nitriles is 1. The fourth-order valence-electron chi connectivity index (χ4n) is 4.25. The summed E-state index contributed by atoms with van der Waals surface area (Å²) in [6.07, 6.45) is 3.50. The van der Waals surface area contributed by atoms with Crippen LogP contribution in [-0.4, -0.2) is 16.1 Å². The number of allylic oxidation sites excluding steroid dienone is 1. The van der Waals surface area contributed by atoms with Crippen LogP contribution in [0.3, 0.4) is 0 Å². The van der Waals surface area contributed by atoms with Gasteiger partial charge in [0, 0.05) is 10.9 Å². The molecule has 0 saturated carbocycles. The molecular weight excluding hydrogens is 412 g/mol. The number of carbonyl (C=O) groups is 1. The molecule has 0 saturated heterocycles. The summed E-state index contributed by atoms with van der Waals surface area (Å²) in [6, 6.07) is 23.8. The van der Waals surface area contributed by atoms with Crippen molar-refractivity contribution in [3.05, 3.63) is 106 Å². The van der Waals surface area contributed by atoms with Crippen LogP contribution in [0.1, 0.15) is 44.7 Å². The van der Waals surface area contributed by atoms with E-state index in [9.17, 15) is 15.2 Å². The molecule has 1 aromatic heterocycles. The minimum absolute atomic E-state index is 0.0319. The van der Waals surface area contributed by atoms with Crippen molar-refractivity contribution in [3.63, 3.8) is 0 Å². The Kier molecular flexibility index (Phi) is 5.34. The second-order valence-electron chi connectivity index (χ2n) is 7.94. The first-order valence-corrected chi connectivity index (χ1v) is 10.7. The van der Waals surface area contributed by atoms with E-state index >= 15 is 0 Å². The Morgan fingerprint density at radius 1 is 1.03 bits per heavy atom. The van der Waals surface area contributed by atoms with Crippen LogP contribution in [0.5, 0.6) is 5.75 Å². The van der Waals surface area contributed by atoms with Gasteiger partial charge in [-0.2, -0.15) is 5.26 Å². The van der Waals surface area contributed by atoms with Gasteiger partial charge in [0.2, 0.25) is 0 Å². The highest BCUT2D eigenvalue weighted by atomic mass is 16.5. The number of para-hydroxylation sites is 1. The van der Waals surface area contributed by atoms with Gasteiger partial charge in [0.1, 0.15) is 12.4 Å². The van der Waals surface area contributed by atoms with E-state index in [1.807, 2.05) is 48.5 Å². The van der Waals surface area contributed by atoms with Gasteiger partial charge in [-0.25, -0.2) is 9.78 Å². The van der Waals surface area contributed by atoms with Gasteiger partial charge < -0.3 is 9.84 Å². The number of hydrogen-bond donors (Lipinski definition) is 1. The SMILES string of the molecule is N#Cc1ccccc1COC(=O)c1c2c(nc3ccccc13)/C(=C/c1ccc(O)cc1)CC2. The van der Waals surface area contributed by atoms with Crippen LogP contribution >= 0.6 is 0 Å². The number of phenols is 1. The smallest absolute Gasteiger partial charge is 0.339 e. The van der Waals surface area contributed by atoms with Crippen LogP contribution < -0.4 is 0 Å². The molecule has 1 aliphatic rings. The van der Waals surface area contributed by atoms with E-state index in [4.69, 9.17) is 9.72 Å². The molecule has 160 valence electrons. The summed E-state index contributed by atoms with van der Waals surface area (Å²) >= 11 is 0. The van der Waals surface area contributed by atoms with Gasteiger partial charge in [-0.15, -0.1) is 0 Å². The lowest BCUT2D eigenvalue weighted by Gasteiger charge is -2.13. The van der Waals surface area contributed by atoms with Crippen molar-refractivity contribution < 1.29 is 14.6 Å². The van der Waals surface area contributed by atoms with E-state index in [0.29, 0.717) is 23.1 Å². The zero-order valence-electron chi connectivity index (χ0n) is 17.8. The molecule has 0 fully saturated rings. The fourth-order valence-corrected chi connectivity index (χ4v) is 4.25. The second kappa shape index (κ2) is 8.60. The van der Waals surface area contributed by atoms with Crippen molar-refractivity contribution in [2.24, 2.45) is 0 Å². The minimum Gasteiger partial charge on any atom is -0.508 e. The molecule has 0 unspecified atom stereocenters.